The fraction of sp³-hybridized carbons (Fsp3) is 0.111. The van der Waals surface area contributed by atoms with E-state index in [4.69, 9.17) is 5.26 Å². The molecule has 5 heteroatoms. The molecule has 0 saturated carbocycles. The van der Waals surface area contributed by atoms with Crippen molar-refractivity contribution in [2.75, 3.05) is 10.8 Å². The van der Waals surface area contributed by atoms with Crippen molar-refractivity contribution in [1.82, 2.24) is 4.98 Å². The zero-order valence-corrected chi connectivity index (χ0v) is 9.55. The third-order valence-corrected chi connectivity index (χ3v) is 3.02. The van der Waals surface area contributed by atoms with Gasteiger partial charge in [0.1, 0.15) is 22.2 Å². The van der Waals surface area contributed by atoms with Crippen LogP contribution in [0.15, 0.2) is 33.9 Å². The molecule has 0 saturated heterocycles. The van der Waals surface area contributed by atoms with Crippen molar-refractivity contribution in [2.24, 2.45) is 0 Å². The van der Waals surface area contributed by atoms with Crippen LogP contribution < -0.4 is 4.90 Å². The van der Waals surface area contributed by atoms with Crippen LogP contribution in [0.1, 0.15) is 0 Å². The molecule has 70 valence electrons. The number of thioether (sulfide) groups is 1. The Morgan fingerprint density at radius 2 is 2.43 bits per heavy atom. The van der Waals surface area contributed by atoms with Gasteiger partial charge in [-0.05, 0) is 28.1 Å². The molecule has 0 amide bonds. The minimum atomic E-state index is 0.653. The Hall–Kier alpha value is -0.990. The molecule has 0 spiro atoms. The summed E-state index contributed by atoms with van der Waals surface area (Å²) in [6.07, 6.45) is 0. The summed E-state index contributed by atoms with van der Waals surface area (Å²) in [7, 11) is 0. The minimum Gasteiger partial charge on any atom is -0.307 e. The number of rotatable bonds is 1. The molecule has 0 fully saturated rings. The van der Waals surface area contributed by atoms with Crippen LogP contribution in [0.3, 0.4) is 0 Å². The average molecular weight is 268 g/mol. The number of nitrogens with zero attached hydrogens (tertiary/aromatic N) is 3. The number of halogens is 1. The molecule has 1 aliphatic rings. The zero-order valence-electron chi connectivity index (χ0n) is 7.14. The van der Waals surface area contributed by atoms with Crippen LogP contribution >= 0.6 is 27.7 Å². The summed E-state index contributed by atoms with van der Waals surface area (Å²) in [5.41, 5.74) is 0.653. The summed E-state index contributed by atoms with van der Waals surface area (Å²) in [6.45, 7) is 0. The Labute approximate surface area is 94.6 Å². The number of nitriles is 1. The lowest BCUT2D eigenvalue weighted by atomic mass is 10.4. The molecule has 0 aromatic carbocycles. The number of hydrogen-bond acceptors (Lipinski definition) is 4. The van der Waals surface area contributed by atoms with Crippen molar-refractivity contribution in [3.05, 3.63) is 33.9 Å². The summed E-state index contributed by atoms with van der Waals surface area (Å²) < 4.78 is 0.782. The molecule has 0 atom stereocenters. The van der Waals surface area contributed by atoms with Crippen LogP contribution in [0.5, 0.6) is 0 Å². The van der Waals surface area contributed by atoms with Crippen LogP contribution in [-0.4, -0.2) is 10.9 Å². The number of hydrogen-bond donors (Lipinski definition) is 0. The van der Waals surface area contributed by atoms with E-state index in [1.54, 1.807) is 11.8 Å². The fourth-order valence-electron chi connectivity index (χ4n) is 1.15. The normalized spacial score (nSPS) is 15.1. The maximum Gasteiger partial charge on any atom is 0.135 e. The zero-order chi connectivity index (χ0) is 9.97. The van der Waals surface area contributed by atoms with E-state index in [1.807, 2.05) is 28.5 Å². The van der Waals surface area contributed by atoms with Gasteiger partial charge < -0.3 is 4.90 Å². The van der Waals surface area contributed by atoms with E-state index in [0.717, 1.165) is 16.3 Å². The van der Waals surface area contributed by atoms with Crippen molar-refractivity contribution in [1.29, 1.82) is 5.26 Å². The van der Waals surface area contributed by atoms with E-state index in [-0.39, 0.29) is 0 Å². The largest absolute Gasteiger partial charge is 0.307 e. The van der Waals surface area contributed by atoms with Crippen molar-refractivity contribution in [3.63, 3.8) is 0 Å². The topological polar surface area (TPSA) is 39.9 Å². The Morgan fingerprint density at radius 3 is 3.14 bits per heavy atom. The lowest BCUT2D eigenvalue weighted by Crippen LogP contribution is -2.17. The van der Waals surface area contributed by atoms with Crippen LogP contribution in [0.2, 0.25) is 0 Å². The summed E-state index contributed by atoms with van der Waals surface area (Å²) in [5.74, 6) is 1.56. The van der Waals surface area contributed by atoms with Crippen molar-refractivity contribution < 1.29 is 0 Å². The summed E-state index contributed by atoms with van der Waals surface area (Å²) in [5, 5.41) is 10.7. The van der Waals surface area contributed by atoms with Gasteiger partial charge in [0, 0.05) is 5.41 Å². The Morgan fingerprint density at radius 1 is 1.57 bits per heavy atom. The molecule has 0 N–H and O–H groups in total. The molecule has 1 aliphatic heterocycles. The van der Waals surface area contributed by atoms with E-state index in [9.17, 15) is 0 Å². The van der Waals surface area contributed by atoms with Crippen molar-refractivity contribution in [3.8, 4) is 6.07 Å². The van der Waals surface area contributed by atoms with Gasteiger partial charge in [0.2, 0.25) is 0 Å². The lowest BCUT2D eigenvalue weighted by Gasteiger charge is -2.15. The highest BCUT2D eigenvalue weighted by Gasteiger charge is 2.17. The predicted octanol–water partition coefficient (Wildman–Crippen LogP) is 2.72. The molecule has 2 heterocycles. The van der Waals surface area contributed by atoms with Gasteiger partial charge in [0.15, 0.2) is 0 Å². The first-order valence-corrected chi connectivity index (χ1v) is 5.77. The molecular formula is C9H6BrN3S. The monoisotopic (exact) mass is 267 g/mol. The van der Waals surface area contributed by atoms with E-state index < -0.39 is 0 Å². The van der Waals surface area contributed by atoms with Crippen LogP contribution in [0, 0.1) is 11.3 Å². The molecule has 14 heavy (non-hydrogen) atoms. The molecular weight excluding hydrogens is 262 g/mol. The van der Waals surface area contributed by atoms with Gasteiger partial charge in [-0.1, -0.05) is 6.07 Å². The Balaban J connectivity index is 2.33. The van der Waals surface area contributed by atoms with Gasteiger partial charge in [-0.2, -0.15) is 5.26 Å². The van der Waals surface area contributed by atoms with Gasteiger partial charge in [0.05, 0.1) is 5.88 Å². The van der Waals surface area contributed by atoms with Gasteiger partial charge >= 0.3 is 0 Å². The molecule has 0 bridgehead atoms. The molecule has 1 aromatic rings. The molecule has 2 rings (SSSR count). The van der Waals surface area contributed by atoms with Crippen molar-refractivity contribution >= 4 is 33.5 Å². The molecule has 0 radical (unpaired) electrons. The number of aromatic nitrogens is 1. The standard InChI is InChI=1S/C9H6BrN3S/c10-8-2-1-3-9(12-8)13-6-14-5-7(13)4-11/h1-3,5H,6H2. The van der Waals surface area contributed by atoms with Crippen molar-refractivity contribution in [2.45, 2.75) is 0 Å². The Kier molecular flexibility index (Phi) is 2.75. The quantitative estimate of drug-likeness (QED) is 0.734. The van der Waals surface area contributed by atoms with Gasteiger partial charge in [-0.3, -0.25) is 0 Å². The van der Waals surface area contributed by atoms with E-state index >= 15 is 0 Å². The SMILES string of the molecule is N#CC1=CSCN1c1cccc(Br)n1. The lowest BCUT2D eigenvalue weighted by molar-refractivity contribution is 1.06. The van der Waals surface area contributed by atoms with Gasteiger partial charge in [0.25, 0.3) is 0 Å². The highest BCUT2D eigenvalue weighted by molar-refractivity contribution is 9.10. The van der Waals surface area contributed by atoms with E-state index in [2.05, 4.69) is 27.0 Å². The second-order valence-corrected chi connectivity index (χ2v) is 4.30. The second kappa shape index (κ2) is 4.03. The highest BCUT2D eigenvalue weighted by Crippen LogP contribution is 2.28. The maximum atomic E-state index is 8.85. The van der Waals surface area contributed by atoms with Gasteiger partial charge in [-0.15, -0.1) is 11.8 Å². The summed E-state index contributed by atoms with van der Waals surface area (Å²) in [4.78, 5) is 6.18. The van der Waals surface area contributed by atoms with E-state index in [0.29, 0.717) is 5.70 Å². The molecule has 0 unspecified atom stereocenters. The van der Waals surface area contributed by atoms with Gasteiger partial charge in [-0.25, -0.2) is 4.98 Å². The molecule has 0 aliphatic carbocycles. The maximum absolute atomic E-state index is 8.85. The van der Waals surface area contributed by atoms with Crippen LogP contribution in [0.25, 0.3) is 0 Å². The Bertz CT molecular complexity index is 424. The first kappa shape index (κ1) is 9.56. The number of allylic oxidation sites excluding steroid dienone is 1. The van der Waals surface area contributed by atoms with E-state index in [1.165, 1.54) is 0 Å². The second-order valence-electron chi connectivity index (χ2n) is 2.66. The van der Waals surface area contributed by atoms with Crippen LogP contribution in [-0.2, 0) is 0 Å². The third kappa shape index (κ3) is 1.76. The smallest absolute Gasteiger partial charge is 0.135 e. The first-order chi connectivity index (χ1) is 6.81. The third-order valence-electron chi connectivity index (χ3n) is 1.78. The average Bonchev–Trinajstić information content (AvgIpc) is 2.65. The summed E-state index contributed by atoms with van der Waals surface area (Å²) >= 11 is 4.91. The highest BCUT2D eigenvalue weighted by atomic mass is 79.9. The molecule has 1 aromatic heterocycles. The molecule has 3 nitrogen and oxygen atoms in total. The predicted molar refractivity (Wildman–Crippen MR) is 60.6 cm³/mol. The minimum absolute atomic E-state index is 0.653. The number of anilines is 1. The fourth-order valence-corrected chi connectivity index (χ4v) is 2.32. The van der Waals surface area contributed by atoms with Crippen LogP contribution in [0.4, 0.5) is 5.82 Å². The summed E-state index contributed by atoms with van der Waals surface area (Å²) in [6, 6.07) is 7.80. The number of pyridine rings is 1. The first-order valence-electron chi connectivity index (χ1n) is 3.93.